The summed E-state index contributed by atoms with van der Waals surface area (Å²) in [6.07, 6.45) is 0. The number of nitrogens with zero attached hydrogens (tertiary/aromatic N) is 2. The molecule has 1 N–H and O–H groups in total. The minimum absolute atomic E-state index is 0.0384. The largest absolute Gasteiger partial charge is 0.493 e. The quantitative estimate of drug-likeness (QED) is 0.549. The maximum absolute atomic E-state index is 12.1. The van der Waals surface area contributed by atoms with E-state index in [0.29, 0.717) is 31.1 Å². The zero-order chi connectivity index (χ0) is 21.5. The highest BCUT2D eigenvalue weighted by Crippen LogP contribution is 2.34. The lowest BCUT2D eigenvalue weighted by Gasteiger charge is -2.19. The van der Waals surface area contributed by atoms with Crippen molar-refractivity contribution in [2.45, 2.75) is 20.4 Å². The highest BCUT2D eigenvalue weighted by atomic mass is 32.1. The first kappa shape index (κ1) is 21.6. The van der Waals surface area contributed by atoms with E-state index in [0.717, 1.165) is 27.4 Å². The lowest BCUT2D eigenvalue weighted by Crippen LogP contribution is -2.39. The second kappa shape index (κ2) is 10.1. The first-order valence-corrected chi connectivity index (χ1v) is 10.8. The fraction of sp³-hybridized carbons (Fsp3) is 0.304. The van der Waals surface area contributed by atoms with Crippen molar-refractivity contribution in [2.24, 2.45) is 0 Å². The highest BCUT2D eigenvalue weighted by molar-refractivity contribution is 7.13. The minimum Gasteiger partial charge on any atom is -0.493 e. The summed E-state index contributed by atoms with van der Waals surface area (Å²) in [5.74, 6) is 1.38. The summed E-state index contributed by atoms with van der Waals surface area (Å²) in [6.45, 7) is 5.86. The summed E-state index contributed by atoms with van der Waals surface area (Å²) in [4.78, 5) is 18.6. The van der Waals surface area contributed by atoms with Crippen molar-refractivity contribution in [3.05, 3.63) is 53.4 Å². The van der Waals surface area contributed by atoms with Crippen molar-refractivity contribution in [1.29, 1.82) is 0 Å². The zero-order valence-electron chi connectivity index (χ0n) is 17.8. The van der Waals surface area contributed by atoms with E-state index < -0.39 is 0 Å². The average molecular weight is 426 g/mol. The second-order valence-corrected chi connectivity index (χ2v) is 7.49. The highest BCUT2D eigenvalue weighted by Gasteiger charge is 2.11. The van der Waals surface area contributed by atoms with Gasteiger partial charge in [0, 0.05) is 36.1 Å². The molecule has 2 amide bonds. The molecule has 0 spiro atoms. The van der Waals surface area contributed by atoms with Gasteiger partial charge in [0.1, 0.15) is 5.01 Å². The second-order valence-electron chi connectivity index (χ2n) is 6.64. The van der Waals surface area contributed by atoms with E-state index in [-0.39, 0.29) is 6.03 Å². The fourth-order valence-corrected chi connectivity index (χ4v) is 3.94. The lowest BCUT2D eigenvalue weighted by molar-refractivity contribution is 0.203. The predicted molar refractivity (Wildman–Crippen MR) is 121 cm³/mol. The number of nitrogens with one attached hydrogen (secondary N) is 1. The number of methoxy groups -OCH3 is 2. The van der Waals surface area contributed by atoms with Crippen LogP contribution in [0.25, 0.3) is 21.8 Å². The number of carbonyl (C=O) groups excluding carboxylic acids is 1. The van der Waals surface area contributed by atoms with Gasteiger partial charge < -0.3 is 19.7 Å². The number of rotatable bonds is 8. The molecular formula is C23H27N3O3S. The summed E-state index contributed by atoms with van der Waals surface area (Å²) in [7, 11) is 3.25. The van der Waals surface area contributed by atoms with E-state index >= 15 is 0 Å². The van der Waals surface area contributed by atoms with Crippen LogP contribution in [0.1, 0.15) is 19.4 Å². The van der Waals surface area contributed by atoms with Crippen molar-refractivity contribution in [2.75, 3.05) is 27.3 Å². The lowest BCUT2D eigenvalue weighted by atomic mass is 10.1. The van der Waals surface area contributed by atoms with Gasteiger partial charge in [0.2, 0.25) is 0 Å². The van der Waals surface area contributed by atoms with Crippen molar-refractivity contribution < 1.29 is 14.3 Å². The summed E-state index contributed by atoms with van der Waals surface area (Å²) in [5, 5.41) is 5.94. The maximum Gasteiger partial charge on any atom is 0.317 e. The molecule has 0 aliphatic carbocycles. The average Bonchev–Trinajstić information content (AvgIpc) is 3.28. The van der Waals surface area contributed by atoms with E-state index in [1.54, 1.807) is 30.5 Å². The van der Waals surface area contributed by atoms with Gasteiger partial charge in [0.05, 0.1) is 19.9 Å². The molecule has 0 bridgehead atoms. The number of carbonyl (C=O) groups is 1. The van der Waals surface area contributed by atoms with Crippen LogP contribution < -0.4 is 14.8 Å². The van der Waals surface area contributed by atoms with Gasteiger partial charge in [-0.15, -0.1) is 11.3 Å². The summed E-state index contributed by atoms with van der Waals surface area (Å²) >= 11 is 1.60. The first-order chi connectivity index (χ1) is 14.6. The van der Waals surface area contributed by atoms with Crippen LogP contribution >= 0.6 is 11.3 Å². The molecule has 0 atom stereocenters. The van der Waals surface area contributed by atoms with Crippen LogP contribution in [0.15, 0.2) is 47.8 Å². The van der Waals surface area contributed by atoms with Crippen molar-refractivity contribution >= 4 is 17.4 Å². The molecule has 0 radical (unpaired) electrons. The molecule has 0 aliphatic rings. The maximum atomic E-state index is 12.1. The minimum atomic E-state index is -0.0384. The number of thiazole rings is 1. The monoisotopic (exact) mass is 425 g/mol. The third-order valence-electron chi connectivity index (χ3n) is 4.88. The van der Waals surface area contributed by atoms with E-state index in [4.69, 9.17) is 14.5 Å². The Morgan fingerprint density at radius 1 is 1.00 bits per heavy atom. The van der Waals surface area contributed by atoms with Gasteiger partial charge >= 0.3 is 6.03 Å². The zero-order valence-corrected chi connectivity index (χ0v) is 18.6. The Hall–Kier alpha value is -3.06. The Morgan fingerprint density at radius 2 is 1.67 bits per heavy atom. The Labute approximate surface area is 181 Å². The summed E-state index contributed by atoms with van der Waals surface area (Å²) in [5.41, 5.74) is 3.97. The topological polar surface area (TPSA) is 63.7 Å². The smallest absolute Gasteiger partial charge is 0.317 e. The van der Waals surface area contributed by atoms with Gasteiger partial charge in [-0.05, 0) is 37.6 Å². The molecule has 6 nitrogen and oxygen atoms in total. The van der Waals surface area contributed by atoms with Crippen LogP contribution in [0.4, 0.5) is 4.79 Å². The standard InChI is InChI=1S/C23H27N3O3S/c1-5-26(6-2)23(27)24-14-16-7-9-17(10-8-16)22-25-19(15-30-22)18-11-12-20(28-3)21(13-18)29-4/h7-13,15H,5-6,14H2,1-4H3,(H,24,27). The van der Waals surface area contributed by atoms with Gasteiger partial charge in [-0.3, -0.25) is 0 Å². The number of aromatic nitrogens is 1. The number of ether oxygens (including phenoxy) is 2. The molecule has 7 heteroatoms. The van der Waals surface area contributed by atoms with Crippen LogP contribution in [0.3, 0.4) is 0 Å². The molecule has 158 valence electrons. The Morgan fingerprint density at radius 3 is 2.30 bits per heavy atom. The molecule has 3 rings (SSSR count). The summed E-state index contributed by atoms with van der Waals surface area (Å²) < 4.78 is 10.7. The van der Waals surface area contributed by atoms with E-state index in [1.807, 2.05) is 61.7 Å². The molecule has 3 aromatic rings. The Bertz CT molecular complexity index is 982. The van der Waals surface area contributed by atoms with Crippen LogP contribution in [-0.2, 0) is 6.54 Å². The molecule has 0 saturated heterocycles. The number of benzene rings is 2. The fourth-order valence-electron chi connectivity index (χ4n) is 3.10. The van der Waals surface area contributed by atoms with Crippen molar-refractivity contribution in [1.82, 2.24) is 15.2 Å². The van der Waals surface area contributed by atoms with Crippen LogP contribution in [0.5, 0.6) is 11.5 Å². The van der Waals surface area contributed by atoms with Crippen molar-refractivity contribution in [3.8, 4) is 33.3 Å². The van der Waals surface area contributed by atoms with Crippen LogP contribution in [0.2, 0.25) is 0 Å². The normalized spacial score (nSPS) is 10.5. The number of urea groups is 1. The molecule has 1 aromatic heterocycles. The third-order valence-corrected chi connectivity index (χ3v) is 5.77. The molecular weight excluding hydrogens is 398 g/mol. The van der Waals surface area contributed by atoms with Gasteiger partial charge in [-0.1, -0.05) is 24.3 Å². The third kappa shape index (κ3) is 4.91. The Kier molecular flexibility index (Phi) is 7.30. The van der Waals surface area contributed by atoms with Crippen molar-refractivity contribution in [3.63, 3.8) is 0 Å². The molecule has 0 unspecified atom stereocenters. The van der Waals surface area contributed by atoms with Gasteiger partial charge in [0.25, 0.3) is 0 Å². The molecule has 2 aromatic carbocycles. The SMILES string of the molecule is CCN(CC)C(=O)NCc1ccc(-c2nc(-c3ccc(OC)c(OC)c3)cs2)cc1. The molecule has 0 aliphatic heterocycles. The van der Waals surface area contributed by atoms with Crippen LogP contribution in [-0.4, -0.2) is 43.2 Å². The van der Waals surface area contributed by atoms with E-state index in [9.17, 15) is 4.79 Å². The first-order valence-electron chi connectivity index (χ1n) is 9.89. The van der Waals surface area contributed by atoms with Gasteiger partial charge in [-0.2, -0.15) is 0 Å². The molecule has 30 heavy (non-hydrogen) atoms. The number of amides is 2. The molecule has 1 heterocycles. The summed E-state index contributed by atoms with van der Waals surface area (Å²) in [6, 6.07) is 13.9. The predicted octanol–water partition coefficient (Wildman–Crippen LogP) is 5.05. The van der Waals surface area contributed by atoms with Gasteiger partial charge in [-0.25, -0.2) is 9.78 Å². The van der Waals surface area contributed by atoms with E-state index in [2.05, 4.69) is 5.32 Å². The molecule has 0 fully saturated rings. The van der Waals surface area contributed by atoms with E-state index in [1.165, 1.54) is 0 Å². The van der Waals surface area contributed by atoms with Crippen LogP contribution in [0, 0.1) is 0 Å². The Balaban J connectivity index is 1.69. The number of hydrogen-bond acceptors (Lipinski definition) is 5. The van der Waals surface area contributed by atoms with Gasteiger partial charge in [0.15, 0.2) is 11.5 Å². The number of hydrogen-bond donors (Lipinski definition) is 1. The molecule has 0 saturated carbocycles.